The van der Waals surface area contributed by atoms with Crippen LogP contribution in [-0.2, 0) is 18.3 Å². The summed E-state index contributed by atoms with van der Waals surface area (Å²) >= 11 is 0. The van der Waals surface area contributed by atoms with Crippen molar-refractivity contribution in [2.45, 2.75) is 39.0 Å². The number of rotatable bonds is 3. The van der Waals surface area contributed by atoms with Crippen LogP contribution in [0.1, 0.15) is 37.1 Å². The molecule has 0 saturated heterocycles. The van der Waals surface area contributed by atoms with E-state index in [2.05, 4.69) is 5.10 Å². The number of aryl methyl sites for hydroxylation is 2. The van der Waals surface area contributed by atoms with Crippen LogP contribution in [0.25, 0.3) is 0 Å². The molecule has 0 radical (unpaired) electrons. The Morgan fingerprint density at radius 1 is 1.56 bits per heavy atom. The van der Waals surface area contributed by atoms with Crippen LogP contribution in [0.5, 0.6) is 0 Å². The van der Waals surface area contributed by atoms with Crippen molar-refractivity contribution < 1.29 is 9.90 Å². The van der Waals surface area contributed by atoms with E-state index in [-0.39, 0.29) is 0 Å². The van der Waals surface area contributed by atoms with Gasteiger partial charge in [-0.1, -0.05) is 12.8 Å². The average Bonchev–Trinajstić information content (AvgIpc) is 2.76. The smallest absolute Gasteiger partial charge is 0.310 e. The zero-order chi connectivity index (χ0) is 11.8. The molecule has 1 aromatic rings. The van der Waals surface area contributed by atoms with Crippen LogP contribution in [-0.4, -0.2) is 20.9 Å². The predicted octanol–water partition coefficient (Wildman–Crippen LogP) is 1.92. The second-order valence-electron chi connectivity index (χ2n) is 4.87. The molecule has 1 aliphatic rings. The van der Waals surface area contributed by atoms with Crippen molar-refractivity contribution in [3.63, 3.8) is 0 Å². The van der Waals surface area contributed by atoms with Gasteiger partial charge in [-0.05, 0) is 25.8 Å². The van der Waals surface area contributed by atoms with Crippen molar-refractivity contribution in [1.82, 2.24) is 9.78 Å². The van der Waals surface area contributed by atoms with E-state index in [0.717, 1.165) is 37.1 Å². The first-order valence-electron chi connectivity index (χ1n) is 5.76. The third-order valence-electron chi connectivity index (χ3n) is 3.63. The van der Waals surface area contributed by atoms with Gasteiger partial charge in [0.2, 0.25) is 0 Å². The molecule has 1 aliphatic carbocycles. The first-order chi connectivity index (χ1) is 7.53. The molecular weight excluding hydrogens is 204 g/mol. The van der Waals surface area contributed by atoms with Gasteiger partial charge in [-0.15, -0.1) is 0 Å². The fraction of sp³-hybridized carbons (Fsp3) is 0.667. The summed E-state index contributed by atoms with van der Waals surface area (Å²) in [4.78, 5) is 11.4. The Morgan fingerprint density at radius 2 is 2.19 bits per heavy atom. The fourth-order valence-corrected chi connectivity index (χ4v) is 2.69. The third kappa shape index (κ3) is 1.84. The summed E-state index contributed by atoms with van der Waals surface area (Å²) in [5, 5.41) is 13.7. The van der Waals surface area contributed by atoms with Crippen LogP contribution < -0.4 is 0 Å². The molecule has 0 unspecified atom stereocenters. The zero-order valence-corrected chi connectivity index (χ0v) is 9.86. The highest BCUT2D eigenvalue weighted by Crippen LogP contribution is 2.41. The Kier molecular flexibility index (Phi) is 2.74. The van der Waals surface area contributed by atoms with Crippen LogP contribution in [0.3, 0.4) is 0 Å². The monoisotopic (exact) mass is 222 g/mol. The van der Waals surface area contributed by atoms with Crippen molar-refractivity contribution in [3.05, 3.63) is 17.5 Å². The Hall–Kier alpha value is -1.32. The molecular formula is C12H18N2O2. The topological polar surface area (TPSA) is 55.1 Å². The summed E-state index contributed by atoms with van der Waals surface area (Å²) in [7, 11) is 1.88. The van der Waals surface area contributed by atoms with Crippen LogP contribution >= 0.6 is 0 Å². The van der Waals surface area contributed by atoms with Crippen LogP contribution in [0.4, 0.5) is 0 Å². The lowest BCUT2D eigenvalue weighted by Crippen LogP contribution is -2.31. The highest BCUT2D eigenvalue weighted by Gasteiger charge is 2.41. The lowest BCUT2D eigenvalue weighted by molar-refractivity contribution is -0.148. The highest BCUT2D eigenvalue weighted by atomic mass is 16.4. The van der Waals surface area contributed by atoms with Gasteiger partial charge in [0, 0.05) is 19.2 Å². The Morgan fingerprint density at radius 3 is 2.62 bits per heavy atom. The molecule has 1 heterocycles. The van der Waals surface area contributed by atoms with Gasteiger partial charge in [-0.25, -0.2) is 0 Å². The second kappa shape index (κ2) is 3.92. The van der Waals surface area contributed by atoms with Crippen molar-refractivity contribution in [3.8, 4) is 0 Å². The number of aliphatic carboxylic acids is 1. The maximum absolute atomic E-state index is 11.4. The molecule has 0 atom stereocenters. The normalized spacial score (nSPS) is 18.9. The SMILES string of the molecule is Cc1cc(CC2(C(=O)O)CCCC2)n(C)n1. The number of nitrogens with zero attached hydrogens (tertiary/aromatic N) is 2. The van der Waals surface area contributed by atoms with E-state index in [9.17, 15) is 9.90 Å². The molecule has 1 fully saturated rings. The molecule has 1 N–H and O–H groups in total. The number of hydrogen-bond acceptors (Lipinski definition) is 2. The minimum atomic E-state index is -0.649. The summed E-state index contributed by atoms with van der Waals surface area (Å²) in [5.41, 5.74) is 1.44. The molecule has 0 spiro atoms. The first-order valence-corrected chi connectivity index (χ1v) is 5.76. The van der Waals surface area contributed by atoms with Crippen molar-refractivity contribution in [2.75, 3.05) is 0 Å². The van der Waals surface area contributed by atoms with E-state index in [4.69, 9.17) is 0 Å². The third-order valence-corrected chi connectivity index (χ3v) is 3.63. The maximum Gasteiger partial charge on any atom is 0.310 e. The van der Waals surface area contributed by atoms with Crippen LogP contribution in [0.2, 0.25) is 0 Å². The van der Waals surface area contributed by atoms with Crippen molar-refractivity contribution in [2.24, 2.45) is 12.5 Å². The van der Waals surface area contributed by atoms with Gasteiger partial charge >= 0.3 is 5.97 Å². The van der Waals surface area contributed by atoms with Gasteiger partial charge < -0.3 is 5.11 Å². The lowest BCUT2D eigenvalue weighted by Gasteiger charge is -2.23. The number of carbonyl (C=O) groups is 1. The minimum Gasteiger partial charge on any atom is -0.481 e. The van der Waals surface area contributed by atoms with Crippen molar-refractivity contribution >= 4 is 5.97 Å². The maximum atomic E-state index is 11.4. The van der Waals surface area contributed by atoms with E-state index < -0.39 is 11.4 Å². The summed E-state index contributed by atoms with van der Waals surface area (Å²) in [6.07, 6.45) is 4.27. The van der Waals surface area contributed by atoms with Gasteiger partial charge in [0.15, 0.2) is 0 Å². The molecule has 4 heteroatoms. The van der Waals surface area contributed by atoms with E-state index in [1.807, 2.05) is 20.0 Å². The van der Waals surface area contributed by atoms with Gasteiger partial charge in [0.05, 0.1) is 11.1 Å². The molecule has 0 aliphatic heterocycles. The Labute approximate surface area is 95.3 Å². The van der Waals surface area contributed by atoms with Gasteiger partial charge in [-0.3, -0.25) is 9.48 Å². The van der Waals surface area contributed by atoms with Gasteiger partial charge in [-0.2, -0.15) is 5.10 Å². The molecule has 1 saturated carbocycles. The van der Waals surface area contributed by atoms with Gasteiger partial charge in [0.1, 0.15) is 0 Å². The zero-order valence-electron chi connectivity index (χ0n) is 9.86. The quantitative estimate of drug-likeness (QED) is 0.850. The van der Waals surface area contributed by atoms with Crippen molar-refractivity contribution in [1.29, 1.82) is 0 Å². The van der Waals surface area contributed by atoms with E-state index in [0.29, 0.717) is 6.42 Å². The largest absolute Gasteiger partial charge is 0.481 e. The standard InChI is InChI=1S/C12H18N2O2/c1-9-7-10(14(2)13-9)8-12(11(15)16)5-3-4-6-12/h7H,3-6,8H2,1-2H3,(H,15,16). The molecule has 88 valence electrons. The Balaban J connectivity index is 2.24. The molecule has 1 aromatic heterocycles. The molecule has 2 rings (SSSR count). The number of carboxylic acids is 1. The van der Waals surface area contributed by atoms with E-state index in [1.54, 1.807) is 4.68 Å². The molecule has 0 bridgehead atoms. The molecule has 16 heavy (non-hydrogen) atoms. The first kappa shape index (κ1) is 11.2. The summed E-state index contributed by atoms with van der Waals surface area (Å²) < 4.78 is 1.80. The summed E-state index contributed by atoms with van der Waals surface area (Å²) in [6.45, 7) is 1.94. The lowest BCUT2D eigenvalue weighted by atomic mass is 9.81. The fourth-order valence-electron chi connectivity index (χ4n) is 2.69. The van der Waals surface area contributed by atoms with Crippen LogP contribution in [0, 0.1) is 12.3 Å². The number of hydrogen-bond donors (Lipinski definition) is 1. The Bertz CT molecular complexity index is 403. The van der Waals surface area contributed by atoms with E-state index >= 15 is 0 Å². The minimum absolute atomic E-state index is 0.541. The predicted molar refractivity (Wildman–Crippen MR) is 60.2 cm³/mol. The number of carboxylic acid groups (broad SMARTS) is 1. The van der Waals surface area contributed by atoms with E-state index in [1.165, 1.54) is 0 Å². The average molecular weight is 222 g/mol. The number of aromatic nitrogens is 2. The second-order valence-corrected chi connectivity index (χ2v) is 4.87. The van der Waals surface area contributed by atoms with Gasteiger partial charge in [0.25, 0.3) is 0 Å². The highest BCUT2D eigenvalue weighted by molar-refractivity contribution is 5.75. The molecule has 4 nitrogen and oxygen atoms in total. The molecule has 0 aromatic carbocycles. The van der Waals surface area contributed by atoms with Crippen LogP contribution in [0.15, 0.2) is 6.07 Å². The summed E-state index contributed by atoms with van der Waals surface area (Å²) in [6, 6.07) is 1.99. The molecule has 0 amide bonds. The summed E-state index contributed by atoms with van der Waals surface area (Å²) in [5.74, 6) is -0.649.